The van der Waals surface area contributed by atoms with E-state index < -0.39 is 0 Å². The first kappa shape index (κ1) is 13.5. The molecule has 0 fully saturated rings. The third-order valence-corrected chi connectivity index (χ3v) is 3.14. The van der Waals surface area contributed by atoms with Crippen molar-refractivity contribution in [2.24, 2.45) is 0 Å². The molecule has 0 bridgehead atoms. The normalized spacial score (nSPS) is 12.4. The number of aromatic nitrogens is 1. The maximum atomic E-state index is 13.0. The number of benzene rings is 1. The summed E-state index contributed by atoms with van der Waals surface area (Å²) in [4.78, 5) is 4.15. The molecule has 3 N–H and O–H groups in total. The van der Waals surface area contributed by atoms with E-state index in [-0.39, 0.29) is 11.9 Å². The Labute approximate surface area is 112 Å². The number of pyridine rings is 1. The summed E-state index contributed by atoms with van der Waals surface area (Å²) >= 11 is 0. The summed E-state index contributed by atoms with van der Waals surface area (Å²) < 4.78 is 13.0. The Kier molecular flexibility index (Phi) is 4.12. The Bertz CT molecular complexity index is 532. The minimum atomic E-state index is -0.241. The number of nitrogens with one attached hydrogen (secondary N) is 1. The van der Waals surface area contributed by atoms with Crippen LogP contribution in [-0.4, -0.2) is 11.5 Å². The van der Waals surface area contributed by atoms with E-state index in [0.29, 0.717) is 5.82 Å². The van der Waals surface area contributed by atoms with E-state index in [4.69, 9.17) is 5.73 Å². The number of rotatable bonds is 4. The Balaban J connectivity index is 2.48. The molecule has 19 heavy (non-hydrogen) atoms. The summed E-state index contributed by atoms with van der Waals surface area (Å²) in [5, 5.41) is 3.37. The lowest BCUT2D eigenvalue weighted by atomic mass is 9.95. The Morgan fingerprint density at radius 1 is 1.26 bits per heavy atom. The number of nitrogens with zero attached hydrogens (tertiary/aromatic N) is 1. The van der Waals surface area contributed by atoms with Gasteiger partial charge in [0.2, 0.25) is 0 Å². The third kappa shape index (κ3) is 2.90. The van der Waals surface area contributed by atoms with E-state index in [2.05, 4.69) is 10.3 Å². The van der Waals surface area contributed by atoms with Gasteiger partial charge in [-0.3, -0.25) is 0 Å². The van der Waals surface area contributed by atoms with E-state index in [1.807, 2.05) is 19.9 Å². The van der Waals surface area contributed by atoms with Crippen molar-refractivity contribution < 1.29 is 4.39 Å². The van der Waals surface area contributed by atoms with Crippen molar-refractivity contribution in [3.8, 4) is 0 Å². The smallest absolute Gasteiger partial charge is 0.128 e. The highest BCUT2D eigenvalue weighted by Crippen LogP contribution is 2.28. The van der Waals surface area contributed by atoms with E-state index in [0.717, 1.165) is 23.2 Å². The summed E-state index contributed by atoms with van der Waals surface area (Å²) in [5.74, 6) is 0.269. The summed E-state index contributed by atoms with van der Waals surface area (Å²) in [6.07, 6.45) is 1.70. The van der Waals surface area contributed by atoms with Crippen LogP contribution >= 0.6 is 0 Å². The van der Waals surface area contributed by atoms with E-state index >= 15 is 0 Å². The van der Waals surface area contributed by atoms with Gasteiger partial charge in [-0.05, 0) is 42.8 Å². The fourth-order valence-electron chi connectivity index (χ4n) is 2.21. The van der Waals surface area contributed by atoms with Crippen LogP contribution in [0.25, 0.3) is 0 Å². The number of nitrogens with two attached hydrogens (primary N) is 1. The van der Waals surface area contributed by atoms with Crippen molar-refractivity contribution in [1.82, 2.24) is 10.3 Å². The quantitative estimate of drug-likeness (QED) is 0.887. The highest BCUT2D eigenvalue weighted by Gasteiger charge is 2.18. The van der Waals surface area contributed by atoms with Crippen molar-refractivity contribution >= 4 is 5.82 Å². The van der Waals surface area contributed by atoms with Crippen molar-refractivity contribution in [3.63, 3.8) is 0 Å². The standard InChI is InChI=1S/C15H18FN3/c1-3-18-14(11-4-6-12(16)7-5-11)13-10(2)8-9-19-15(13)17/h4-9,14,18H,3H2,1-2H3,(H2,17,19). The number of anilines is 1. The molecule has 0 aliphatic rings. The SMILES string of the molecule is CCNC(c1ccc(F)cc1)c1c(C)ccnc1N. The molecule has 0 spiro atoms. The van der Waals surface area contributed by atoms with Gasteiger partial charge in [-0.1, -0.05) is 19.1 Å². The van der Waals surface area contributed by atoms with Gasteiger partial charge in [-0.25, -0.2) is 9.37 Å². The van der Waals surface area contributed by atoms with Crippen molar-refractivity contribution in [1.29, 1.82) is 0 Å². The Morgan fingerprint density at radius 2 is 1.95 bits per heavy atom. The zero-order valence-corrected chi connectivity index (χ0v) is 11.2. The van der Waals surface area contributed by atoms with Crippen LogP contribution in [0.2, 0.25) is 0 Å². The molecule has 1 unspecified atom stereocenters. The molecule has 0 aliphatic heterocycles. The highest BCUT2D eigenvalue weighted by atomic mass is 19.1. The monoisotopic (exact) mass is 259 g/mol. The molecule has 1 atom stereocenters. The second kappa shape index (κ2) is 5.80. The van der Waals surface area contributed by atoms with Crippen LogP contribution in [0.15, 0.2) is 36.5 Å². The largest absolute Gasteiger partial charge is 0.383 e. The van der Waals surface area contributed by atoms with E-state index in [1.54, 1.807) is 18.3 Å². The second-order valence-electron chi connectivity index (χ2n) is 4.47. The fourth-order valence-corrected chi connectivity index (χ4v) is 2.21. The number of hydrogen-bond acceptors (Lipinski definition) is 3. The molecule has 100 valence electrons. The van der Waals surface area contributed by atoms with Gasteiger partial charge in [0.25, 0.3) is 0 Å². The second-order valence-corrected chi connectivity index (χ2v) is 4.47. The van der Waals surface area contributed by atoms with Crippen LogP contribution in [-0.2, 0) is 0 Å². The molecule has 2 aromatic rings. The molecule has 0 aliphatic carbocycles. The van der Waals surface area contributed by atoms with Crippen LogP contribution < -0.4 is 11.1 Å². The molecule has 1 aromatic carbocycles. The average molecular weight is 259 g/mol. The first-order valence-electron chi connectivity index (χ1n) is 6.33. The third-order valence-electron chi connectivity index (χ3n) is 3.14. The van der Waals surface area contributed by atoms with Crippen molar-refractivity contribution in [2.45, 2.75) is 19.9 Å². The van der Waals surface area contributed by atoms with Gasteiger partial charge in [-0.2, -0.15) is 0 Å². The molecule has 0 radical (unpaired) electrons. The van der Waals surface area contributed by atoms with Crippen molar-refractivity contribution in [2.75, 3.05) is 12.3 Å². The molecule has 0 amide bonds. The fraction of sp³-hybridized carbons (Fsp3) is 0.267. The van der Waals surface area contributed by atoms with Crippen LogP contribution in [0.3, 0.4) is 0 Å². The van der Waals surface area contributed by atoms with Gasteiger partial charge in [0.1, 0.15) is 11.6 Å². The Hall–Kier alpha value is -1.94. The molecule has 1 heterocycles. The first-order valence-corrected chi connectivity index (χ1v) is 6.33. The minimum absolute atomic E-state index is 0.0701. The Morgan fingerprint density at radius 3 is 2.53 bits per heavy atom. The van der Waals surface area contributed by atoms with Crippen LogP contribution in [0, 0.1) is 12.7 Å². The number of halogens is 1. The predicted molar refractivity (Wildman–Crippen MR) is 75.3 cm³/mol. The summed E-state index contributed by atoms with van der Waals surface area (Å²) in [5.41, 5.74) is 9.00. The maximum absolute atomic E-state index is 13.0. The molecular weight excluding hydrogens is 241 g/mol. The van der Waals surface area contributed by atoms with Crippen molar-refractivity contribution in [3.05, 3.63) is 59.0 Å². The number of nitrogen functional groups attached to an aromatic ring is 1. The molecular formula is C15H18FN3. The highest BCUT2D eigenvalue weighted by molar-refractivity contribution is 5.49. The lowest BCUT2D eigenvalue weighted by Crippen LogP contribution is -2.24. The van der Waals surface area contributed by atoms with Gasteiger partial charge in [0.15, 0.2) is 0 Å². The molecule has 0 saturated carbocycles. The molecule has 1 aromatic heterocycles. The summed E-state index contributed by atoms with van der Waals surface area (Å²) in [6, 6.07) is 8.32. The summed E-state index contributed by atoms with van der Waals surface area (Å²) in [6.45, 7) is 4.81. The van der Waals surface area contributed by atoms with Gasteiger partial charge in [0, 0.05) is 11.8 Å². The molecule has 0 saturated heterocycles. The minimum Gasteiger partial charge on any atom is -0.383 e. The maximum Gasteiger partial charge on any atom is 0.128 e. The van der Waals surface area contributed by atoms with Gasteiger partial charge in [-0.15, -0.1) is 0 Å². The summed E-state index contributed by atoms with van der Waals surface area (Å²) in [7, 11) is 0. The molecule has 2 rings (SSSR count). The number of aryl methyl sites for hydroxylation is 1. The zero-order chi connectivity index (χ0) is 13.8. The van der Waals surface area contributed by atoms with E-state index in [9.17, 15) is 4.39 Å². The van der Waals surface area contributed by atoms with Crippen LogP contribution in [0.5, 0.6) is 0 Å². The number of hydrogen-bond donors (Lipinski definition) is 2. The van der Waals surface area contributed by atoms with Gasteiger partial charge in [0.05, 0.1) is 6.04 Å². The van der Waals surface area contributed by atoms with Crippen LogP contribution in [0.4, 0.5) is 10.2 Å². The topological polar surface area (TPSA) is 50.9 Å². The van der Waals surface area contributed by atoms with Gasteiger partial charge < -0.3 is 11.1 Å². The molecule has 4 heteroatoms. The predicted octanol–water partition coefficient (Wildman–Crippen LogP) is 2.81. The lowest BCUT2D eigenvalue weighted by Gasteiger charge is -2.22. The first-order chi connectivity index (χ1) is 9.13. The molecule has 3 nitrogen and oxygen atoms in total. The van der Waals surface area contributed by atoms with E-state index in [1.165, 1.54) is 12.1 Å². The lowest BCUT2D eigenvalue weighted by molar-refractivity contribution is 0.612. The van der Waals surface area contributed by atoms with Crippen LogP contribution in [0.1, 0.15) is 29.7 Å². The van der Waals surface area contributed by atoms with Gasteiger partial charge >= 0.3 is 0 Å². The zero-order valence-electron chi connectivity index (χ0n) is 11.2. The average Bonchev–Trinajstić information content (AvgIpc) is 2.38.